The third kappa shape index (κ3) is 3.27. The SMILES string of the molecule is COCCONS(=O)(=O)c1cccc2cnccc12. The zero-order valence-electron chi connectivity index (χ0n) is 10.4. The number of pyridine rings is 1. The number of benzene rings is 1. The van der Waals surface area contributed by atoms with E-state index in [1.807, 2.05) is 0 Å². The molecule has 0 saturated heterocycles. The van der Waals surface area contributed by atoms with E-state index < -0.39 is 10.0 Å². The summed E-state index contributed by atoms with van der Waals surface area (Å²) in [6.45, 7) is 0.448. The topological polar surface area (TPSA) is 77.5 Å². The fraction of sp³-hybridized carbons (Fsp3) is 0.250. The molecule has 0 spiro atoms. The lowest BCUT2D eigenvalue weighted by atomic mass is 10.2. The first-order valence-corrected chi connectivity index (χ1v) is 7.09. The molecule has 7 heteroatoms. The van der Waals surface area contributed by atoms with Crippen LogP contribution >= 0.6 is 0 Å². The molecule has 0 aliphatic rings. The van der Waals surface area contributed by atoms with Crippen LogP contribution in [-0.4, -0.2) is 33.7 Å². The highest BCUT2D eigenvalue weighted by Gasteiger charge is 2.17. The van der Waals surface area contributed by atoms with Crippen molar-refractivity contribution in [1.29, 1.82) is 0 Å². The van der Waals surface area contributed by atoms with Gasteiger partial charge in [-0.3, -0.25) is 9.82 Å². The molecule has 1 aromatic carbocycles. The summed E-state index contributed by atoms with van der Waals surface area (Å²) in [4.78, 5) is 11.1. The second-order valence-corrected chi connectivity index (χ2v) is 5.39. The third-order valence-corrected chi connectivity index (χ3v) is 3.76. The molecule has 102 valence electrons. The first-order chi connectivity index (χ1) is 9.15. The smallest absolute Gasteiger partial charge is 0.263 e. The molecule has 1 heterocycles. The maximum atomic E-state index is 12.1. The predicted molar refractivity (Wildman–Crippen MR) is 69.9 cm³/mol. The van der Waals surface area contributed by atoms with Gasteiger partial charge in [-0.15, -0.1) is 0 Å². The zero-order valence-corrected chi connectivity index (χ0v) is 11.2. The Kier molecular flexibility index (Phi) is 4.43. The van der Waals surface area contributed by atoms with Crippen molar-refractivity contribution < 1.29 is 18.0 Å². The second kappa shape index (κ2) is 6.07. The van der Waals surface area contributed by atoms with E-state index in [2.05, 4.69) is 9.87 Å². The Balaban J connectivity index is 2.28. The van der Waals surface area contributed by atoms with Gasteiger partial charge in [0.05, 0.1) is 18.1 Å². The van der Waals surface area contributed by atoms with Crippen LogP contribution in [0.4, 0.5) is 0 Å². The number of rotatable bonds is 6. The summed E-state index contributed by atoms with van der Waals surface area (Å²) in [5.41, 5.74) is 0. The van der Waals surface area contributed by atoms with Gasteiger partial charge in [-0.05, 0) is 12.1 Å². The van der Waals surface area contributed by atoms with E-state index in [1.165, 1.54) is 13.2 Å². The lowest BCUT2D eigenvalue weighted by Gasteiger charge is -2.09. The predicted octanol–water partition coefficient (Wildman–Crippen LogP) is 1.09. The molecule has 0 unspecified atom stereocenters. The Morgan fingerprint density at radius 2 is 2.11 bits per heavy atom. The quantitative estimate of drug-likeness (QED) is 0.634. The Bertz CT molecular complexity index is 652. The van der Waals surface area contributed by atoms with Gasteiger partial charge in [-0.1, -0.05) is 17.0 Å². The van der Waals surface area contributed by atoms with Gasteiger partial charge in [0.25, 0.3) is 10.0 Å². The highest BCUT2D eigenvalue weighted by atomic mass is 32.2. The van der Waals surface area contributed by atoms with Gasteiger partial charge in [0.15, 0.2) is 0 Å². The lowest BCUT2D eigenvalue weighted by molar-refractivity contribution is 0.0439. The molecule has 0 atom stereocenters. The molecule has 0 amide bonds. The number of aromatic nitrogens is 1. The van der Waals surface area contributed by atoms with Gasteiger partial charge in [0.1, 0.15) is 0 Å². The molecule has 19 heavy (non-hydrogen) atoms. The minimum atomic E-state index is -3.72. The highest BCUT2D eigenvalue weighted by Crippen LogP contribution is 2.21. The number of nitrogens with one attached hydrogen (secondary N) is 1. The normalized spacial score (nSPS) is 11.8. The van der Waals surface area contributed by atoms with Crippen LogP contribution in [0.15, 0.2) is 41.6 Å². The van der Waals surface area contributed by atoms with Crippen molar-refractivity contribution in [3.63, 3.8) is 0 Å². The standard InChI is InChI=1S/C12H14N2O4S/c1-17-7-8-18-14-19(15,16)12-4-2-3-10-9-13-6-5-11(10)12/h2-6,9,14H,7-8H2,1H3. The molecule has 0 aliphatic carbocycles. The summed E-state index contributed by atoms with van der Waals surface area (Å²) in [5, 5.41) is 1.35. The molecule has 2 aromatic rings. The molecule has 0 aliphatic heterocycles. The fourth-order valence-corrected chi connectivity index (χ4v) is 2.68. The molecule has 0 bridgehead atoms. The summed E-state index contributed by atoms with van der Waals surface area (Å²) >= 11 is 0. The van der Waals surface area contributed by atoms with Crippen molar-refractivity contribution in [3.8, 4) is 0 Å². The van der Waals surface area contributed by atoms with Crippen molar-refractivity contribution in [1.82, 2.24) is 9.87 Å². The van der Waals surface area contributed by atoms with Crippen LogP contribution < -0.4 is 4.89 Å². The second-order valence-electron chi connectivity index (χ2n) is 3.78. The Labute approximate surface area is 111 Å². The minimum Gasteiger partial charge on any atom is -0.382 e. The number of fused-ring (bicyclic) bond motifs is 1. The van der Waals surface area contributed by atoms with Crippen LogP contribution in [0.1, 0.15) is 0 Å². The molecule has 0 radical (unpaired) electrons. The Morgan fingerprint density at radius 1 is 1.26 bits per heavy atom. The molecule has 0 saturated carbocycles. The van der Waals surface area contributed by atoms with E-state index >= 15 is 0 Å². The molecular weight excluding hydrogens is 268 g/mol. The molecule has 0 fully saturated rings. The van der Waals surface area contributed by atoms with Gasteiger partial charge in [0.2, 0.25) is 0 Å². The van der Waals surface area contributed by atoms with E-state index in [4.69, 9.17) is 9.57 Å². The summed E-state index contributed by atoms with van der Waals surface area (Å²) in [6.07, 6.45) is 3.16. The molecule has 1 aromatic heterocycles. The van der Waals surface area contributed by atoms with E-state index in [0.717, 1.165) is 5.39 Å². The molecule has 1 N–H and O–H groups in total. The minimum absolute atomic E-state index is 0.141. The van der Waals surface area contributed by atoms with Gasteiger partial charge in [0, 0.05) is 30.3 Å². The average molecular weight is 282 g/mol. The third-order valence-electron chi connectivity index (χ3n) is 2.49. The van der Waals surface area contributed by atoms with Crippen molar-refractivity contribution in [2.45, 2.75) is 4.90 Å². The van der Waals surface area contributed by atoms with Gasteiger partial charge >= 0.3 is 0 Å². The number of hydrogen-bond acceptors (Lipinski definition) is 5. The maximum absolute atomic E-state index is 12.1. The number of methoxy groups -OCH3 is 1. The van der Waals surface area contributed by atoms with Crippen LogP contribution in [0, 0.1) is 0 Å². The number of hydrogen-bond donors (Lipinski definition) is 1. The highest BCUT2D eigenvalue weighted by molar-refractivity contribution is 7.89. The largest absolute Gasteiger partial charge is 0.382 e. The number of sulfonamides is 1. The van der Waals surface area contributed by atoms with Crippen LogP contribution in [0.25, 0.3) is 10.8 Å². The Morgan fingerprint density at radius 3 is 2.89 bits per heavy atom. The van der Waals surface area contributed by atoms with Gasteiger partial charge in [-0.2, -0.15) is 0 Å². The van der Waals surface area contributed by atoms with Crippen LogP contribution in [0.2, 0.25) is 0 Å². The summed E-state index contributed by atoms with van der Waals surface area (Å²) in [7, 11) is -2.21. The van der Waals surface area contributed by atoms with Crippen molar-refractivity contribution in [2.24, 2.45) is 0 Å². The first kappa shape index (κ1) is 13.9. The number of nitrogens with zero attached hydrogens (tertiary/aromatic N) is 1. The average Bonchev–Trinajstić information content (AvgIpc) is 2.43. The van der Waals surface area contributed by atoms with Crippen molar-refractivity contribution in [3.05, 3.63) is 36.7 Å². The van der Waals surface area contributed by atoms with Crippen LogP contribution in [0.5, 0.6) is 0 Å². The molecule has 6 nitrogen and oxygen atoms in total. The maximum Gasteiger partial charge on any atom is 0.263 e. The van der Waals surface area contributed by atoms with E-state index in [9.17, 15) is 8.42 Å². The molecule has 2 rings (SSSR count). The lowest BCUT2D eigenvalue weighted by Crippen LogP contribution is -2.25. The Hall–Kier alpha value is -1.54. The van der Waals surface area contributed by atoms with Crippen molar-refractivity contribution >= 4 is 20.8 Å². The van der Waals surface area contributed by atoms with E-state index in [1.54, 1.807) is 30.6 Å². The summed E-state index contributed by atoms with van der Waals surface area (Å²) in [5.74, 6) is 0. The number of ether oxygens (including phenoxy) is 1. The van der Waals surface area contributed by atoms with Crippen LogP contribution in [0.3, 0.4) is 0 Å². The monoisotopic (exact) mass is 282 g/mol. The van der Waals surface area contributed by atoms with Gasteiger partial charge in [-0.25, -0.2) is 8.42 Å². The summed E-state index contributed by atoms with van der Waals surface area (Å²) in [6, 6.07) is 6.63. The summed E-state index contributed by atoms with van der Waals surface area (Å²) < 4.78 is 29.0. The fourth-order valence-electron chi connectivity index (χ4n) is 1.62. The van der Waals surface area contributed by atoms with E-state index in [-0.39, 0.29) is 11.5 Å². The van der Waals surface area contributed by atoms with Crippen molar-refractivity contribution in [2.75, 3.05) is 20.3 Å². The zero-order chi connectivity index (χ0) is 13.7. The van der Waals surface area contributed by atoms with E-state index in [0.29, 0.717) is 12.0 Å². The first-order valence-electron chi connectivity index (χ1n) is 5.60. The van der Waals surface area contributed by atoms with Crippen LogP contribution in [-0.2, 0) is 19.6 Å². The van der Waals surface area contributed by atoms with Gasteiger partial charge < -0.3 is 4.74 Å². The molecular formula is C12H14N2O4S.